The Morgan fingerprint density at radius 3 is 1.96 bits per heavy atom. The number of benzene rings is 2. The van der Waals surface area contributed by atoms with Crippen LogP contribution in [0.4, 0.5) is 0 Å². The Balaban J connectivity index is 2.65. The molecule has 0 saturated heterocycles. The van der Waals surface area contributed by atoms with Gasteiger partial charge in [0.25, 0.3) is 0 Å². The SMILES string of the molecule is CC(=Cc1ccc(Cl)cc1)C(O)(c1cc(Cl)cc(Cl)c1)C(C)C(C)(C)N. The Kier molecular flexibility index (Phi) is 6.48. The summed E-state index contributed by atoms with van der Waals surface area (Å²) in [7, 11) is 0. The fraction of sp³-hybridized carbons (Fsp3) is 0.333. The first kappa shape index (κ1) is 21.3. The molecule has 0 aliphatic heterocycles. The lowest BCUT2D eigenvalue weighted by molar-refractivity contribution is -0.00714. The molecule has 2 aromatic carbocycles. The summed E-state index contributed by atoms with van der Waals surface area (Å²) in [5.74, 6) is -0.312. The van der Waals surface area contributed by atoms with E-state index in [1.807, 2.05) is 58.0 Å². The number of hydrogen-bond donors (Lipinski definition) is 2. The molecule has 0 aromatic heterocycles. The molecule has 2 rings (SSSR count). The minimum absolute atomic E-state index is 0.312. The van der Waals surface area contributed by atoms with Crippen LogP contribution in [0.1, 0.15) is 38.8 Å². The zero-order valence-electron chi connectivity index (χ0n) is 15.4. The summed E-state index contributed by atoms with van der Waals surface area (Å²) in [5.41, 5.74) is 6.66. The topological polar surface area (TPSA) is 46.2 Å². The first-order chi connectivity index (χ1) is 11.9. The Morgan fingerprint density at radius 1 is 1.00 bits per heavy atom. The van der Waals surface area contributed by atoms with E-state index in [4.69, 9.17) is 40.5 Å². The van der Waals surface area contributed by atoms with Gasteiger partial charge in [-0.3, -0.25) is 0 Å². The molecule has 0 aliphatic carbocycles. The smallest absolute Gasteiger partial charge is 0.115 e. The maximum atomic E-state index is 11.8. The molecular weight excluding hydrogens is 389 g/mol. The highest BCUT2D eigenvalue weighted by Gasteiger charge is 2.43. The molecular formula is C21H24Cl3NO. The lowest BCUT2D eigenvalue weighted by atomic mass is 9.69. The van der Waals surface area contributed by atoms with Gasteiger partial charge in [-0.05, 0) is 67.8 Å². The summed E-state index contributed by atoms with van der Waals surface area (Å²) < 4.78 is 0. The van der Waals surface area contributed by atoms with Gasteiger partial charge in [0.2, 0.25) is 0 Å². The van der Waals surface area contributed by atoms with E-state index in [1.165, 1.54) is 0 Å². The van der Waals surface area contributed by atoms with Crippen molar-refractivity contribution < 1.29 is 5.11 Å². The lowest BCUT2D eigenvalue weighted by Gasteiger charge is -2.43. The van der Waals surface area contributed by atoms with E-state index in [2.05, 4.69) is 0 Å². The average Bonchev–Trinajstić information content (AvgIpc) is 2.53. The first-order valence-electron chi connectivity index (χ1n) is 8.36. The molecule has 0 fully saturated rings. The Hall–Kier alpha value is -1.03. The Morgan fingerprint density at radius 2 is 1.50 bits per heavy atom. The molecule has 26 heavy (non-hydrogen) atoms. The molecule has 0 aliphatic rings. The van der Waals surface area contributed by atoms with Crippen LogP contribution < -0.4 is 5.73 Å². The largest absolute Gasteiger partial charge is 0.380 e. The van der Waals surface area contributed by atoms with Crippen molar-refractivity contribution in [3.63, 3.8) is 0 Å². The number of rotatable bonds is 5. The third kappa shape index (κ3) is 4.62. The molecule has 0 saturated carbocycles. The van der Waals surface area contributed by atoms with E-state index in [9.17, 15) is 5.11 Å². The highest BCUT2D eigenvalue weighted by Crippen LogP contribution is 2.43. The quantitative estimate of drug-likeness (QED) is 0.604. The molecule has 0 spiro atoms. The fourth-order valence-corrected chi connectivity index (χ4v) is 3.70. The van der Waals surface area contributed by atoms with Crippen molar-refractivity contribution in [2.75, 3.05) is 0 Å². The van der Waals surface area contributed by atoms with Gasteiger partial charge in [0.05, 0.1) is 0 Å². The van der Waals surface area contributed by atoms with Crippen LogP contribution in [-0.4, -0.2) is 10.6 Å². The van der Waals surface area contributed by atoms with Crippen LogP contribution in [0.2, 0.25) is 15.1 Å². The predicted molar refractivity (Wildman–Crippen MR) is 113 cm³/mol. The molecule has 2 unspecified atom stereocenters. The van der Waals surface area contributed by atoms with Crippen LogP contribution in [0.3, 0.4) is 0 Å². The van der Waals surface area contributed by atoms with Crippen LogP contribution in [-0.2, 0) is 5.60 Å². The van der Waals surface area contributed by atoms with Gasteiger partial charge in [-0.1, -0.05) is 59.9 Å². The summed E-state index contributed by atoms with van der Waals surface area (Å²) >= 11 is 18.4. The first-order valence-corrected chi connectivity index (χ1v) is 9.50. The van der Waals surface area contributed by atoms with Crippen molar-refractivity contribution in [2.45, 2.75) is 38.8 Å². The van der Waals surface area contributed by atoms with Gasteiger partial charge in [0.1, 0.15) is 5.60 Å². The van der Waals surface area contributed by atoms with Crippen LogP contribution in [0.15, 0.2) is 48.0 Å². The van der Waals surface area contributed by atoms with Gasteiger partial charge >= 0.3 is 0 Å². The molecule has 140 valence electrons. The summed E-state index contributed by atoms with van der Waals surface area (Å²) in [6.45, 7) is 7.59. The van der Waals surface area contributed by atoms with Crippen molar-refractivity contribution in [3.8, 4) is 0 Å². The molecule has 0 heterocycles. The maximum absolute atomic E-state index is 11.8. The third-order valence-corrected chi connectivity index (χ3v) is 5.59. The zero-order valence-corrected chi connectivity index (χ0v) is 17.6. The van der Waals surface area contributed by atoms with Crippen LogP contribution in [0.25, 0.3) is 6.08 Å². The molecule has 0 bridgehead atoms. The van der Waals surface area contributed by atoms with E-state index in [0.717, 1.165) is 11.1 Å². The van der Waals surface area contributed by atoms with Crippen molar-refractivity contribution >= 4 is 40.9 Å². The highest BCUT2D eigenvalue weighted by molar-refractivity contribution is 6.34. The highest BCUT2D eigenvalue weighted by atomic mass is 35.5. The lowest BCUT2D eigenvalue weighted by Crippen LogP contribution is -2.51. The third-order valence-electron chi connectivity index (χ3n) is 4.90. The van der Waals surface area contributed by atoms with Gasteiger partial charge in [0.15, 0.2) is 0 Å². The maximum Gasteiger partial charge on any atom is 0.115 e. The summed E-state index contributed by atoms with van der Waals surface area (Å²) in [6.07, 6.45) is 1.92. The second kappa shape index (κ2) is 7.92. The number of hydrogen-bond acceptors (Lipinski definition) is 2. The van der Waals surface area contributed by atoms with Gasteiger partial charge in [-0.15, -0.1) is 0 Å². The second-order valence-electron chi connectivity index (χ2n) is 7.35. The van der Waals surface area contributed by atoms with Crippen molar-refractivity contribution in [1.29, 1.82) is 0 Å². The second-order valence-corrected chi connectivity index (χ2v) is 8.66. The minimum Gasteiger partial charge on any atom is -0.380 e. The minimum atomic E-state index is -1.34. The van der Waals surface area contributed by atoms with Crippen LogP contribution in [0, 0.1) is 5.92 Å². The predicted octanol–water partition coefficient (Wildman–Crippen LogP) is 6.31. The standard InChI is InChI=1S/C21H24Cl3NO/c1-13(9-15-5-7-17(22)8-6-15)21(26,14(2)20(3,4)25)16-10-18(23)12-19(24)11-16/h5-12,14,26H,25H2,1-4H3. The summed E-state index contributed by atoms with van der Waals surface area (Å²) in [5, 5.41) is 13.4. The Labute approximate surface area is 170 Å². The van der Waals surface area contributed by atoms with Crippen LogP contribution >= 0.6 is 34.8 Å². The molecule has 0 radical (unpaired) electrons. The molecule has 2 nitrogen and oxygen atoms in total. The zero-order chi connectivity index (χ0) is 19.7. The van der Waals surface area contributed by atoms with Crippen molar-refractivity contribution in [2.24, 2.45) is 11.7 Å². The Bertz CT molecular complexity index is 789. The molecule has 0 amide bonds. The van der Waals surface area contributed by atoms with Gasteiger partial charge in [-0.25, -0.2) is 0 Å². The molecule has 2 aromatic rings. The molecule has 3 N–H and O–H groups in total. The van der Waals surface area contributed by atoms with Gasteiger partial charge in [0, 0.05) is 26.5 Å². The number of aliphatic hydroxyl groups is 1. The van der Waals surface area contributed by atoms with E-state index in [0.29, 0.717) is 20.6 Å². The van der Waals surface area contributed by atoms with Gasteiger partial charge in [-0.2, -0.15) is 0 Å². The average molecular weight is 413 g/mol. The number of nitrogens with two attached hydrogens (primary N) is 1. The molecule has 2 atom stereocenters. The van der Waals surface area contributed by atoms with E-state index < -0.39 is 11.1 Å². The normalized spacial score (nSPS) is 16.3. The monoisotopic (exact) mass is 411 g/mol. The van der Waals surface area contributed by atoms with Crippen molar-refractivity contribution in [1.82, 2.24) is 0 Å². The van der Waals surface area contributed by atoms with E-state index in [1.54, 1.807) is 18.2 Å². The van der Waals surface area contributed by atoms with Crippen molar-refractivity contribution in [3.05, 3.63) is 74.2 Å². The van der Waals surface area contributed by atoms with Crippen LogP contribution in [0.5, 0.6) is 0 Å². The molecule has 5 heteroatoms. The summed E-state index contributed by atoms with van der Waals surface area (Å²) in [4.78, 5) is 0. The number of halogens is 3. The van der Waals surface area contributed by atoms with E-state index >= 15 is 0 Å². The summed E-state index contributed by atoms with van der Waals surface area (Å²) in [6, 6.07) is 12.5. The fourth-order valence-electron chi connectivity index (χ4n) is 3.05. The van der Waals surface area contributed by atoms with E-state index in [-0.39, 0.29) is 5.92 Å². The van der Waals surface area contributed by atoms with Gasteiger partial charge < -0.3 is 10.8 Å².